The molecule has 0 bridgehead atoms. The third-order valence-corrected chi connectivity index (χ3v) is 5.97. The summed E-state index contributed by atoms with van der Waals surface area (Å²) in [4.78, 5) is 19.4. The Morgan fingerprint density at radius 2 is 1.88 bits per heavy atom. The average Bonchev–Trinajstić information content (AvgIpc) is 3.07. The maximum Gasteiger partial charge on any atom is 0.317 e. The van der Waals surface area contributed by atoms with Crippen molar-refractivity contribution in [2.24, 2.45) is 5.92 Å². The van der Waals surface area contributed by atoms with Gasteiger partial charge < -0.3 is 10.2 Å². The minimum atomic E-state index is -0.0257. The fourth-order valence-corrected chi connectivity index (χ4v) is 4.12. The SMILES string of the molecule is CC(C)c1nc2n(n1)CCC[C@@H]2NC(=O)N(C)[C@H](C)C1CCCCC1. The highest BCUT2D eigenvalue weighted by Gasteiger charge is 2.30. The van der Waals surface area contributed by atoms with Gasteiger partial charge in [0.25, 0.3) is 0 Å². The van der Waals surface area contributed by atoms with E-state index in [0.717, 1.165) is 31.0 Å². The molecule has 0 spiro atoms. The van der Waals surface area contributed by atoms with Crippen LogP contribution in [-0.2, 0) is 6.54 Å². The quantitative estimate of drug-likeness (QED) is 0.900. The van der Waals surface area contributed by atoms with E-state index in [0.29, 0.717) is 11.8 Å². The second kappa shape index (κ2) is 7.75. The molecule has 2 aliphatic rings. The van der Waals surface area contributed by atoms with Crippen molar-refractivity contribution in [3.63, 3.8) is 0 Å². The predicted octanol–water partition coefficient (Wildman–Crippen LogP) is 3.85. The number of nitrogens with zero attached hydrogens (tertiary/aromatic N) is 4. The number of carbonyl (C=O) groups excluding carboxylic acids is 1. The highest BCUT2D eigenvalue weighted by molar-refractivity contribution is 5.74. The molecule has 3 rings (SSSR count). The van der Waals surface area contributed by atoms with Gasteiger partial charge in [-0.3, -0.25) is 0 Å². The van der Waals surface area contributed by atoms with Crippen LogP contribution in [0.15, 0.2) is 0 Å². The molecule has 6 nitrogen and oxygen atoms in total. The van der Waals surface area contributed by atoms with Crippen LogP contribution in [0.2, 0.25) is 0 Å². The highest BCUT2D eigenvalue weighted by atomic mass is 16.2. The summed E-state index contributed by atoms with van der Waals surface area (Å²) in [6.07, 6.45) is 8.40. The first-order valence-electron chi connectivity index (χ1n) is 9.95. The summed E-state index contributed by atoms with van der Waals surface area (Å²) in [6.45, 7) is 7.30. The Bertz CT molecular complexity index is 591. The lowest BCUT2D eigenvalue weighted by Crippen LogP contribution is -2.47. The molecule has 2 atom stereocenters. The van der Waals surface area contributed by atoms with Gasteiger partial charge in [-0.1, -0.05) is 33.1 Å². The molecule has 6 heteroatoms. The van der Waals surface area contributed by atoms with Crippen molar-refractivity contribution in [2.45, 2.75) is 90.3 Å². The maximum absolute atomic E-state index is 12.8. The second-order valence-electron chi connectivity index (χ2n) is 8.10. The summed E-state index contributed by atoms with van der Waals surface area (Å²) in [5, 5.41) is 7.81. The van der Waals surface area contributed by atoms with Crippen molar-refractivity contribution in [1.29, 1.82) is 0 Å². The van der Waals surface area contributed by atoms with Crippen LogP contribution < -0.4 is 5.32 Å². The number of amides is 2. The fraction of sp³-hybridized carbons (Fsp3) is 0.842. The lowest BCUT2D eigenvalue weighted by Gasteiger charge is -2.35. The van der Waals surface area contributed by atoms with Crippen molar-refractivity contribution in [3.05, 3.63) is 11.6 Å². The summed E-state index contributed by atoms with van der Waals surface area (Å²) in [7, 11) is 1.93. The van der Waals surface area contributed by atoms with E-state index < -0.39 is 0 Å². The number of rotatable bonds is 4. The first-order chi connectivity index (χ1) is 12.0. The van der Waals surface area contributed by atoms with Crippen molar-refractivity contribution < 1.29 is 4.79 Å². The van der Waals surface area contributed by atoms with Gasteiger partial charge in [-0.25, -0.2) is 14.5 Å². The number of hydrogen-bond donors (Lipinski definition) is 1. The summed E-state index contributed by atoms with van der Waals surface area (Å²) in [5.74, 6) is 2.73. The zero-order chi connectivity index (χ0) is 18.0. The second-order valence-corrected chi connectivity index (χ2v) is 8.10. The molecule has 1 N–H and O–H groups in total. The Hall–Kier alpha value is -1.59. The summed E-state index contributed by atoms with van der Waals surface area (Å²) in [6, 6.07) is 0.279. The van der Waals surface area contributed by atoms with Crippen LogP contribution in [0.25, 0.3) is 0 Å². The molecule has 1 aliphatic heterocycles. The highest BCUT2D eigenvalue weighted by Crippen LogP contribution is 2.29. The van der Waals surface area contributed by atoms with Crippen LogP contribution in [0.3, 0.4) is 0 Å². The van der Waals surface area contributed by atoms with Crippen LogP contribution in [0, 0.1) is 5.92 Å². The lowest BCUT2D eigenvalue weighted by molar-refractivity contribution is 0.151. The average molecular weight is 348 g/mol. The van der Waals surface area contributed by atoms with Gasteiger partial charge in [0, 0.05) is 25.6 Å². The van der Waals surface area contributed by atoms with Gasteiger partial charge in [0.15, 0.2) is 5.82 Å². The van der Waals surface area contributed by atoms with Crippen LogP contribution in [-0.4, -0.2) is 38.8 Å². The molecule has 0 radical (unpaired) electrons. The van der Waals surface area contributed by atoms with Crippen molar-refractivity contribution in [1.82, 2.24) is 25.0 Å². The van der Waals surface area contributed by atoms with E-state index in [4.69, 9.17) is 4.98 Å². The zero-order valence-electron chi connectivity index (χ0n) is 16.2. The van der Waals surface area contributed by atoms with Crippen molar-refractivity contribution in [3.8, 4) is 0 Å². The van der Waals surface area contributed by atoms with Crippen LogP contribution >= 0.6 is 0 Å². The molecule has 25 heavy (non-hydrogen) atoms. The Kier molecular flexibility index (Phi) is 5.64. The van der Waals surface area contributed by atoms with Gasteiger partial charge in [-0.15, -0.1) is 0 Å². The normalized spacial score (nSPS) is 22.5. The molecular weight excluding hydrogens is 314 g/mol. The molecule has 0 saturated heterocycles. The molecule has 2 amide bonds. The molecular formula is C19H33N5O. The smallest absolute Gasteiger partial charge is 0.317 e. The maximum atomic E-state index is 12.8. The van der Waals surface area contributed by atoms with E-state index in [2.05, 4.69) is 31.2 Å². The van der Waals surface area contributed by atoms with Crippen LogP contribution in [0.4, 0.5) is 4.79 Å². The molecule has 1 saturated carbocycles. The largest absolute Gasteiger partial charge is 0.328 e. The van der Waals surface area contributed by atoms with Crippen molar-refractivity contribution >= 4 is 6.03 Å². The molecule has 1 aromatic rings. The Labute approximate surface area is 151 Å². The summed E-state index contributed by atoms with van der Waals surface area (Å²) >= 11 is 0. The van der Waals surface area contributed by atoms with Gasteiger partial charge >= 0.3 is 6.03 Å². The molecule has 1 aromatic heterocycles. The number of aryl methyl sites for hydroxylation is 1. The fourth-order valence-electron chi connectivity index (χ4n) is 4.12. The number of hydrogen-bond acceptors (Lipinski definition) is 3. The topological polar surface area (TPSA) is 63.1 Å². The van der Waals surface area contributed by atoms with Crippen LogP contribution in [0.5, 0.6) is 0 Å². The number of fused-ring (bicyclic) bond motifs is 1. The number of nitrogens with one attached hydrogen (secondary N) is 1. The predicted molar refractivity (Wildman–Crippen MR) is 98.4 cm³/mol. The number of aromatic nitrogens is 3. The van der Waals surface area contributed by atoms with E-state index in [1.54, 1.807) is 0 Å². The Balaban J connectivity index is 1.65. The van der Waals surface area contributed by atoms with E-state index in [9.17, 15) is 4.79 Å². The molecule has 0 aromatic carbocycles. The molecule has 0 unspecified atom stereocenters. The van der Waals surface area contributed by atoms with Crippen LogP contribution in [0.1, 0.15) is 89.3 Å². The summed E-state index contributed by atoms with van der Waals surface area (Å²) < 4.78 is 1.98. The minimum Gasteiger partial charge on any atom is -0.328 e. The molecule has 1 aliphatic carbocycles. The third-order valence-electron chi connectivity index (χ3n) is 5.97. The van der Waals surface area contributed by atoms with Gasteiger partial charge in [-0.2, -0.15) is 5.10 Å². The van der Waals surface area contributed by atoms with E-state index in [-0.39, 0.29) is 18.1 Å². The Morgan fingerprint density at radius 1 is 1.16 bits per heavy atom. The van der Waals surface area contributed by atoms with Gasteiger partial charge in [0.1, 0.15) is 5.82 Å². The first-order valence-corrected chi connectivity index (χ1v) is 9.95. The van der Waals surface area contributed by atoms with Crippen molar-refractivity contribution in [2.75, 3.05) is 7.05 Å². The zero-order valence-corrected chi connectivity index (χ0v) is 16.2. The van der Waals surface area contributed by atoms with Gasteiger partial charge in [-0.05, 0) is 38.5 Å². The van der Waals surface area contributed by atoms with E-state index >= 15 is 0 Å². The van der Waals surface area contributed by atoms with Gasteiger partial charge in [0.2, 0.25) is 0 Å². The van der Waals surface area contributed by atoms with Gasteiger partial charge in [0.05, 0.1) is 6.04 Å². The monoisotopic (exact) mass is 347 g/mol. The minimum absolute atomic E-state index is 0.0191. The summed E-state index contributed by atoms with van der Waals surface area (Å²) in [5.41, 5.74) is 0. The third kappa shape index (κ3) is 3.98. The first kappa shape index (κ1) is 18.2. The van der Waals surface area contributed by atoms with E-state index in [1.165, 1.54) is 32.1 Å². The molecule has 2 heterocycles. The molecule has 140 valence electrons. The van der Waals surface area contributed by atoms with E-state index in [1.807, 2.05) is 16.6 Å². The lowest BCUT2D eigenvalue weighted by atomic mass is 9.84. The standard InChI is InChI=1S/C19H33N5O/c1-13(2)17-21-18-16(11-8-12-24(18)22-17)20-19(25)23(4)14(3)15-9-6-5-7-10-15/h13-16H,5-12H2,1-4H3,(H,20,25)/t14-,16+/m1/s1. The Morgan fingerprint density at radius 3 is 2.56 bits per heavy atom. The number of urea groups is 1. The number of carbonyl (C=O) groups is 1. The molecule has 1 fully saturated rings.